The molecule has 0 aromatic carbocycles. The molecule has 0 atom stereocenters. The number of allylic oxidation sites excluding steroid dienone is 1. The van der Waals surface area contributed by atoms with Crippen LogP contribution < -0.4 is 11.0 Å². The molecule has 24 heavy (non-hydrogen) atoms. The van der Waals surface area contributed by atoms with Gasteiger partial charge in [-0.2, -0.15) is 5.10 Å². The molecule has 1 aromatic rings. The molecule has 0 amide bonds. The van der Waals surface area contributed by atoms with Crippen LogP contribution in [-0.2, 0) is 0 Å². The minimum atomic E-state index is 0.475. The molecule has 0 unspecified atom stereocenters. The predicted molar refractivity (Wildman–Crippen MR) is 104 cm³/mol. The molecule has 0 radical (unpaired) electrons. The molecule has 0 saturated carbocycles. The zero-order valence-electron chi connectivity index (χ0n) is 17.4. The standard InChI is InChI=1S/C9H16N2.C8H17N3.C2H6/c1-7(2)9-5-10-11(6-9)8(3)4;1-6(2)8-5-11(7(3)4)10-9-8;1-2/h5-8H,1-4H3;5-7,9-10H,1-4H3;1-2H3. The van der Waals surface area contributed by atoms with Crippen molar-refractivity contribution in [1.82, 2.24) is 25.7 Å². The Bertz CT molecular complexity index is 449. The number of hydrogen-bond acceptors (Lipinski definition) is 4. The van der Waals surface area contributed by atoms with Gasteiger partial charge in [0.1, 0.15) is 0 Å². The Balaban J connectivity index is 0.000000400. The highest BCUT2D eigenvalue weighted by Gasteiger charge is 2.14. The second kappa shape index (κ2) is 11.1. The van der Waals surface area contributed by atoms with Crippen LogP contribution in [0.4, 0.5) is 0 Å². The molecular formula is C19H39N5. The maximum Gasteiger partial charge on any atom is 0.0524 e. The van der Waals surface area contributed by atoms with Crippen molar-refractivity contribution in [2.45, 2.75) is 87.2 Å². The van der Waals surface area contributed by atoms with E-state index in [1.54, 1.807) is 0 Å². The summed E-state index contributed by atoms with van der Waals surface area (Å²) in [7, 11) is 0. The first-order valence-corrected chi connectivity index (χ1v) is 9.28. The van der Waals surface area contributed by atoms with Crippen molar-refractivity contribution in [3.8, 4) is 0 Å². The van der Waals surface area contributed by atoms with Gasteiger partial charge in [-0.05, 0) is 45.1 Å². The summed E-state index contributed by atoms with van der Waals surface area (Å²) < 4.78 is 2.00. The van der Waals surface area contributed by atoms with Crippen molar-refractivity contribution < 1.29 is 0 Å². The third kappa shape index (κ3) is 7.39. The highest BCUT2D eigenvalue weighted by Crippen LogP contribution is 2.14. The van der Waals surface area contributed by atoms with Gasteiger partial charge in [0.05, 0.1) is 6.20 Å². The minimum absolute atomic E-state index is 0.475. The lowest BCUT2D eigenvalue weighted by Crippen LogP contribution is -2.40. The molecular weight excluding hydrogens is 298 g/mol. The maximum atomic E-state index is 4.25. The fourth-order valence-corrected chi connectivity index (χ4v) is 1.85. The van der Waals surface area contributed by atoms with E-state index in [1.165, 1.54) is 11.3 Å². The molecule has 1 aliphatic rings. The van der Waals surface area contributed by atoms with Gasteiger partial charge in [0, 0.05) is 30.2 Å². The van der Waals surface area contributed by atoms with E-state index in [2.05, 4.69) is 88.9 Å². The number of nitrogens with one attached hydrogen (secondary N) is 2. The Morgan fingerprint density at radius 2 is 1.46 bits per heavy atom. The van der Waals surface area contributed by atoms with Crippen LogP contribution in [0.5, 0.6) is 0 Å². The van der Waals surface area contributed by atoms with E-state index in [0.29, 0.717) is 23.9 Å². The summed E-state index contributed by atoms with van der Waals surface area (Å²) in [4.78, 5) is 0. The van der Waals surface area contributed by atoms with Gasteiger partial charge >= 0.3 is 0 Å². The lowest BCUT2D eigenvalue weighted by Gasteiger charge is -2.18. The van der Waals surface area contributed by atoms with Crippen LogP contribution in [0.25, 0.3) is 0 Å². The molecule has 2 rings (SSSR count). The quantitative estimate of drug-likeness (QED) is 0.826. The van der Waals surface area contributed by atoms with Crippen molar-refractivity contribution in [2.24, 2.45) is 5.92 Å². The van der Waals surface area contributed by atoms with Crippen LogP contribution in [0.2, 0.25) is 0 Å². The molecule has 0 saturated heterocycles. The molecule has 140 valence electrons. The smallest absolute Gasteiger partial charge is 0.0524 e. The summed E-state index contributed by atoms with van der Waals surface area (Å²) >= 11 is 0. The van der Waals surface area contributed by atoms with E-state index in [0.717, 1.165) is 0 Å². The van der Waals surface area contributed by atoms with Crippen LogP contribution in [0.1, 0.15) is 86.8 Å². The molecule has 0 aliphatic carbocycles. The average molecular weight is 338 g/mol. The SMILES string of the molecule is CC.CC(C)C1=CN(C(C)C)NN1.CC(C)c1cnn(C(C)C)c1. The van der Waals surface area contributed by atoms with Crippen molar-refractivity contribution in [3.05, 3.63) is 29.9 Å². The molecule has 1 aromatic heterocycles. The van der Waals surface area contributed by atoms with Gasteiger partial charge in [-0.3, -0.25) is 9.69 Å². The Morgan fingerprint density at radius 3 is 1.71 bits per heavy atom. The first kappa shape index (κ1) is 22.5. The third-order valence-corrected chi connectivity index (χ3v) is 3.60. The topological polar surface area (TPSA) is 45.1 Å². The highest BCUT2D eigenvalue weighted by atomic mass is 15.7. The fraction of sp³-hybridized carbons (Fsp3) is 0.737. The van der Waals surface area contributed by atoms with Gasteiger partial charge in [0.2, 0.25) is 0 Å². The van der Waals surface area contributed by atoms with Gasteiger partial charge in [-0.25, -0.2) is 0 Å². The van der Waals surface area contributed by atoms with E-state index in [4.69, 9.17) is 0 Å². The predicted octanol–water partition coefficient (Wildman–Crippen LogP) is 4.83. The lowest BCUT2D eigenvalue weighted by atomic mass is 10.1. The molecule has 1 aliphatic heterocycles. The number of hydrogen-bond donors (Lipinski definition) is 2. The zero-order valence-corrected chi connectivity index (χ0v) is 17.4. The van der Waals surface area contributed by atoms with Gasteiger partial charge in [0.25, 0.3) is 0 Å². The summed E-state index contributed by atoms with van der Waals surface area (Å²) in [6.45, 7) is 21.3. The minimum Gasteiger partial charge on any atom is -0.306 e. The second-order valence-corrected chi connectivity index (χ2v) is 6.98. The molecule has 2 heterocycles. The monoisotopic (exact) mass is 337 g/mol. The Kier molecular flexibility index (Phi) is 10.4. The molecule has 5 nitrogen and oxygen atoms in total. The Labute approximate surface area is 149 Å². The van der Waals surface area contributed by atoms with E-state index in [1.807, 2.05) is 24.7 Å². The molecule has 0 spiro atoms. The number of rotatable bonds is 4. The van der Waals surface area contributed by atoms with Crippen LogP contribution in [0, 0.1) is 5.92 Å². The van der Waals surface area contributed by atoms with E-state index in [9.17, 15) is 0 Å². The van der Waals surface area contributed by atoms with Crippen molar-refractivity contribution in [1.29, 1.82) is 0 Å². The summed E-state index contributed by atoms with van der Waals surface area (Å²) in [6.07, 6.45) is 6.19. The summed E-state index contributed by atoms with van der Waals surface area (Å²) in [5, 5.41) is 6.32. The van der Waals surface area contributed by atoms with Crippen molar-refractivity contribution in [3.63, 3.8) is 0 Å². The molecule has 0 fully saturated rings. The normalized spacial score (nSPS) is 13.6. The third-order valence-electron chi connectivity index (χ3n) is 3.60. The van der Waals surface area contributed by atoms with Gasteiger partial charge in [0.15, 0.2) is 0 Å². The molecule has 5 heteroatoms. The maximum absolute atomic E-state index is 4.25. The Hall–Kier alpha value is -1.49. The molecule has 2 N–H and O–H groups in total. The van der Waals surface area contributed by atoms with Gasteiger partial charge in [-0.1, -0.05) is 41.5 Å². The first-order valence-electron chi connectivity index (χ1n) is 9.28. The van der Waals surface area contributed by atoms with E-state index >= 15 is 0 Å². The van der Waals surface area contributed by atoms with Crippen LogP contribution in [-0.4, -0.2) is 20.8 Å². The zero-order chi connectivity index (χ0) is 18.9. The first-order chi connectivity index (χ1) is 11.2. The number of nitrogens with zero attached hydrogens (tertiary/aromatic N) is 3. The molecule has 0 bridgehead atoms. The summed E-state index contributed by atoms with van der Waals surface area (Å²) in [5.74, 6) is 1.15. The van der Waals surface area contributed by atoms with Crippen LogP contribution in [0.3, 0.4) is 0 Å². The summed E-state index contributed by atoms with van der Waals surface area (Å²) in [5.41, 5.74) is 8.77. The van der Waals surface area contributed by atoms with Crippen molar-refractivity contribution in [2.75, 3.05) is 0 Å². The number of aromatic nitrogens is 2. The van der Waals surface area contributed by atoms with Crippen molar-refractivity contribution >= 4 is 0 Å². The largest absolute Gasteiger partial charge is 0.306 e. The Morgan fingerprint density at radius 1 is 0.875 bits per heavy atom. The van der Waals surface area contributed by atoms with Gasteiger partial charge < -0.3 is 5.43 Å². The van der Waals surface area contributed by atoms with Gasteiger partial charge in [-0.15, -0.1) is 5.53 Å². The summed E-state index contributed by atoms with van der Waals surface area (Å²) in [6, 6.07) is 0.973. The van der Waals surface area contributed by atoms with Crippen LogP contribution >= 0.6 is 0 Å². The van der Waals surface area contributed by atoms with Crippen LogP contribution in [0.15, 0.2) is 24.3 Å². The highest BCUT2D eigenvalue weighted by molar-refractivity contribution is 5.08. The second-order valence-electron chi connectivity index (χ2n) is 6.98. The number of hydrazine groups is 2. The fourth-order valence-electron chi connectivity index (χ4n) is 1.85. The lowest BCUT2D eigenvalue weighted by molar-refractivity contribution is 0.220. The van der Waals surface area contributed by atoms with E-state index in [-0.39, 0.29) is 0 Å². The average Bonchev–Trinajstić information content (AvgIpc) is 3.19. The van der Waals surface area contributed by atoms with E-state index < -0.39 is 0 Å².